The molecule has 1 N–H and O–H groups in total. The van der Waals surface area contributed by atoms with Crippen LogP contribution in [0.25, 0.3) is 10.8 Å². The Balaban J connectivity index is 2.43. The molecule has 0 fully saturated rings. The molecule has 0 amide bonds. The number of benzene rings is 2. The number of carbonyl (C=O) groups is 1. The van der Waals surface area contributed by atoms with Crippen LogP contribution in [0.15, 0.2) is 36.4 Å². The van der Waals surface area contributed by atoms with Crippen molar-refractivity contribution in [1.82, 2.24) is 0 Å². The first-order valence-electron chi connectivity index (χ1n) is 6.47. The molecule has 0 aliphatic heterocycles. The number of hydrogen-bond acceptors (Lipinski definition) is 4. The highest BCUT2D eigenvalue weighted by Crippen LogP contribution is 2.28. The van der Waals surface area contributed by atoms with Crippen molar-refractivity contribution >= 4 is 16.7 Å². The first-order valence-corrected chi connectivity index (χ1v) is 6.47. The van der Waals surface area contributed by atoms with Gasteiger partial charge in [0.1, 0.15) is 5.75 Å². The molecule has 0 spiro atoms. The lowest BCUT2D eigenvalue weighted by Gasteiger charge is -2.21. The van der Waals surface area contributed by atoms with Gasteiger partial charge in [0.2, 0.25) is 0 Å². The lowest BCUT2D eigenvalue weighted by molar-refractivity contribution is -0.164. The number of carbonyl (C=O) groups excluding carboxylic acids is 1. The summed E-state index contributed by atoms with van der Waals surface area (Å²) in [6, 6.07) is 11.0. The second-order valence-corrected chi connectivity index (χ2v) is 4.72. The maximum atomic E-state index is 11.8. The van der Waals surface area contributed by atoms with Gasteiger partial charge in [-0.05, 0) is 48.4 Å². The van der Waals surface area contributed by atoms with Crippen LogP contribution in [0.1, 0.15) is 19.4 Å². The van der Waals surface area contributed by atoms with Crippen LogP contribution >= 0.6 is 0 Å². The van der Waals surface area contributed by atoms with Crippen LogP contribution in [0.3, 0.4) is 0 Å². The molecule has 20 heavy (non-hydrogen) atoms. The summed E-state index contributed by atoms with van der Waals surface area (Å²) < 4.78 is 10.1. The van der Waals surface area contributed by atoms with Gasteiger partial charge in [0.15, 0.2) is 5.60 Å². The summed E-state index contributed by atoms with van der Waals surface area (Å²) in [5, 5.41) is 12.2. The van der Waals surface area contributed by atoms with Crippen molar-refractivity contribution in [2.45, 2.75) is 19.4 Å². The number of hydrogen-bond donors (Lipinski definition) is 1. The Morgan fingerprint density at radius 1 is 1.20 bits per heavy atom. The van der Waals surface area contributed by atoms with Crippen molar-refractivity contribution in [3.63, 3.8) is 0 Å². The Morgan fingerprint density at radius 3 is 2.50 bits per heavy atom. The molecule has 4 heteroatoms. The summed E-state index contributed by atoms with van der Waals surface area (Å²) in [4.78, 5) is 11.8. The average molecular weight is 274 g/mol. The quantitative estimate of drug-likeness (QED) is 0.871. The molecule has 0 aliphatic rings. The van der Waals surface area contributed by atoms with Gasteiger partial charge in [0, 0.05) is 0 Å². The van der Waals surface area contributed by atoms with E-state index in [4.69, 9.17) is 9.47 Å². The standard InChI is InChI=1S/C16H18O4/c1-4-20-15(17)16(2,18)13-7-5-12-10-14(19-3)8-6-11(12)9-13/h5-10,18H,4H2,1-3H3/t16-/m0/s1. The third-order valence-electron chi connectivity index (χ3n) is 3.28. The number of fused-ring (bicyclic) bond motifs is 1. The third-order valence-corrected chi connectivity index (χ3v) is 3.28. The van der Waals surface area contributed by atoms with Crippen LogP contribution in [-0.4, -0.2) is 24.8 Å². The highest BCUT2D eigenvalue weighted by atomic mass is 16.5. The largest absolute Gasteiger partial charge is 0.497 e. The van der Waals surface area contributed by atoms with E-state index in [-0.39, 0.29) is 6.61 Å². The predicted molar refractivity (Wildman–Crippen MR) is 76.7 cm³/mol. The van der Waals surface area contributed by atoms with Gasteiger partial charge >= 0.3 is 5.97 Å². The maximum Gasteiger partial charge on any atom is 0.342 e. The molecule has 0 aromatic heterocycles. The molecular weight excluding hydrogens is 256 g/mol. The SMILES string of the molecule is CCOC(=O)[C@@](C)(O)c1ccc2cc(OC)ccc2c1. The minimum absolute atomic E-state index is 0.236. The number of aliphatic hydroxyl groups is 1. The van der Waals surface area contributed by atoms with E-state index < -0.39 is 11.6 Å². The van der Waals surface area contributed by atoms with E-state index in [2.05, 4.69) is 0 Å². The minimum atomic E-state index is -1.65. The zero-order valence-electron chi connectivity index (χ0n) is 11.8. The Labute approximate surface area is 117 Å². The van der Waals surface area contributed by atoms with Crippen molar-refractivity contribution in [1.29, 1.82) is 0 Å². The molecule has 0 saturated carbocycles. The summed E-state index contributed by atoms with van der Waals surface area (Å²) in [6.07, 6.45) is 0. The highest BCUT2D eigenvalue weighted by molar-refractivity contribution is 5.87. The van der Waals surface area contributed by atoms with Crippen LogP contribution < -0.4 is 4.74 Å². The number of rotatable bonds is 4. The maximum absolute atomic E-state index is 11.8. The Hall–Kier alpha value is -2.07. The summed E-state index contributed by atoms with van der Waals surface area (Å²) in [7, 11) is 1.61. The molecule has 0 heterocycles. The average Bonchev–Trinajstić information content (AvgIpc) is 2.46. The minimum Gasteiger partial charge on any atom is -0.497 e. The summed E-state index contributed by atoms with van der Waals surface area (Å²) in [5.74, 6) is 0.121. The molecule has 4 nitrogen and oxygen atoms in total. The molecule has 0 aliphatic carbocycles. The van der Waals surface area contributed by atoms with E-state index in [1.165, 1.54) is 6.92 Å². The lowest BCUT2D eigenvalue weighted by Crippen LogP contribution is -2.34. The predicted octanol–water partition coefficient (Wildman–Crippen LogP) is 2.62. The zero-order valence-corrected chi connectivity index (χ0v) is 11.8. The molecule has 0 unspecified atom stereocenters. The fourth-order valence-corrected chi connectivity index (χ4v) is 2.04. The number of methoxy groups -OCH3 is 1. The van der Waals surface area contributed by atoms with Crippen molar-refractivity contribution in [2.24, 2.45) is 0 Å². The topological polar surface area (TPSA) is 55.8 Å². The van der Waals surface area contributed by atoms with Gasteiger partial charge in [-0.3, -0.25) is 0 Å². The van der Waals surface area contributed by atoms with Crippen LogP contribution in [0, 0.1) is 0 Å². The zero-order chi connectivity index (χ0) is 14.8. The fraction of sp³-hybridized carbons (Fsp3) is 0.312. The second kappa shape index (κ2) is 5.51. The Bertz CT molecular complexity index is 631. The van der Waals surface area contributed by atoms with Crippen molar-refractivity contribution < 1.29 is 19.4 Å². The van der Waals surface area contributed by atoms with E-state index >= 15 is 0 Å². The monoisotopic (exact) mass is 274 g/mol. The number of ether oxygens (including phenoxy) is 2. The van der Waals surface area contributed by atoms with Crippen molar-refractivity contribution in [3.05, 3.63) is 42.0 Å². The fourth-order valence-electron chi connectivity index (χ4n) is 2.04. The van der Waals surface area contributed by atoms with E-state index in [0.717, 1.165) is 16.5 Å². The van der Waals surface area contributed by atoms with Gasteiger partial charge in [-0.1, -0.05) is 18.2 Å². The molecule has 2 aromatic carbocycles. The third kappa shape index (κ3) is 2.60. The van der Waals surface area contributed by atoms with Crippen LogP contribution in [0.2, 0.25) is 0 Å². The first kappa shape index (κ1) is 14.3. The molecule has 2 aromatic rings. The second-order valence-electron chi connectivity index (χ2n) is 4.72. The Morgan fingerprint density at radius 2 is 1.85 bits per heavy atom. The van der Waals surface area contributed by atoms with Crippen molar-refractivity contribution in [2.75, 3.05) is 13.7 Å². The molecule has 106 valence electrons. The van der Waals surface area contributed by atoms with E-state index in [9.17, 15) is 9.90 Å². The van der Waals surface area contributed by atoms with E-state index in [1.807, 2.05) is 24.3 Å². The van der Waals surface area contributed by atoms with E-state index in [0.29, 0.717) is 5.56 Å². The normalized spacial score (nSPS) is 13.8. The first-order chi connectivity index (χ1) is 9.48. The molecule has 0 bridgehead atoms. The van der Waals surface area contributed by atoms with Gasteiger partial charge in [-0.2, -0.15) is 0 Å². The summed E-state index contributed by atoms with van der Waals surface area (Å²) >= 11 is 0. The summed E-state index contributed by atoms with van der Waals surface area (Å²) in [6.45, 7) is 3.39. The molecule has 2 rings (SSSR count). The van der Waals surface area contributed by atoms with Gasteiger partial charge < -0.3 is 14.6 Å². The van der Waals surface area contributed by atoms with Gasteiger partial charge in [0.05, 0.1) is 13.7 Å². The lowest BCUT2D eigenvalue weighted by atomic mass is 9.93. The van der Waals surface area contributed by atoms with Gasteiger partial charge in [0.25, 0.3) is 0 Å². The smallest absolute Gasteiger partial charge is 0.342 e. The van der Waals surface area contributed by atoms with Crippen molar-refractivity contribution in [3.8, 4) is 5.75 Å². The van der Waals surface area contributed by atoms with Gasteiger partial charge in [-0.15, -0.1) is 0 Å². The van der Waals surface area contributed by atoms with E-state index in [1.54, 1.807) is 26.2 Å². The van der Waals surface area contributed by atoms with Crippen LogP contribution in [-0.2, 0) is 15.1 Å². The van der Waals surface area contributed by atoms with Crippen LogP contribution in [0.4, 0.5) is 0 Å². The highest BCUT2D eigenvalue weighted by Gasteiger charge is 2.34. The molecule has 0 radical (unpaired) electrons. The van der Waals surface area contributed by atoms with Crippen LogP contribution in [0.5, 0.6) is 5.75 Å². The molecule has 1 atom stereocenters. The summed E-state index contributed by atoms with van der Waals surface area (Å²) in [5.41, 5.74) is -1.14. The van der Waals surface area contributed by atoms with Gasteiger partial charge in [-0.25, -0.2) is 4.79 Å². The molecular formula is C16H18O4. The number of esters is 1. The molecule has 0 saturated heterocycles. The Kier molecular flexibility index (Phi) is 3.95.